The summed E-state index contributed by atoms with van der Waals surface area (Å²) in [5, 5.41) is 56.9. The van der Waals surface area contributed by atoms with E-state index in [4.69, 9.17) is 14.2 Å². The first kappa shape index (κ1) is 70.9. The first-order valence-corrected chi connectivity index (χ1v) is 30.9. The highest BCUT2D eigenvalue weighted by atomic mass is 16.7. The van der Waals surface area contributed by atoms with Gasteiger partial charge in [-0.05, 0) is 96.3 Å². The Labute approximate surface area is 463 Å². The molecule has 1 aliphatic rings. The Bertz CT molecular complexity index is 1560. The summed E-state index contributed by atoms with van der Waals surface area (Å²) in [7, 11) is 0. The van der Waals surface area contributed by atoms with E-state index in [-0.39, 0.29) is 19.4 Å². The zero-order chi connectivity index (χ0) is 55.4. The predicted octanol–water partition coefficient (Wildman–Crippen LogP) is 14.6. The number of aliphatic hydroxyl groups excluding tert-OH is 5. The summed E-state index contributed by atoms with van der Waals surface area (Å²) in [6.45, 7) is 5.64. The molecule has 0 saturated carbocycles. The van der Waals surface area contributed by atoms with E-state index in [1.807, 2.05) is 6.08 Å². The highest BCUT2D eigenvalue weighted by Gasteiger charge is 2.47. The third-order valence-electron chi connectivity index (χ3n) is 14.0. The van der Waals surface area contributed by atoms with Crippen molar-refractivity contribution in [1.29, 1.82) is 0 Å². The Morgan fingerprint density at radius 1 is 0.526 bits per heavy atom. The molecule has 0 aromatic carbocycles. The van der Waals surface area contributed by atoms with E-state index in [2.05, 4.69) is 99.0 Å². The Morgan fingerprint density at radius 2 is 0.947 bits per heavy atom. The fraction of sp³-hybridized carbons (Fsp3) is 0.754. The average molecular weight is 1070 g/mol. The smallest absolute Gasteiger partial charge is 0.306 e. The van der Waals surface area contributed by atoms with E-state index in [1.165, 1.54) is 89.9 Å². The number of unbranched alkanes of at least 4 members (excludes halogenated alkanes) is 25. The van der Waals surface area contributed by atoms with Gasteiger partial charge >= 0.3 is 5.97 Å². The van der Waals surface area contributed by atoms with Crippen LogP contribution in [0.25, 0.3) is 0 Å². The van der Waals surface area contributed by atoms with Crippen LogP contribution in [0.4, 0.5) is 0 Å². The Kier molecular flexibility index (Phi) is 49.0. The second kappa shape index (κ2) is 52.5. The summed E-state index contributed by atoms with van der Waals surface area (Å²) in [5.41, 5.74) is 0. The van der Waals surface area contributed by atoms with Crippen molar-refractivity contribution in [3.05, 3.63) is 85.1 Å². The lowest BCUT2D eigenvalue weighted by atomic mass is 9.99. The first-order valence-electron chi connectivity index (χ1n) is 30.9. The van der Waals surface area contributed by atoms with E-state index >= 15 is 0 Å². The molecule has 0 radical (unpaired) electrons. The number of ether oxygens (including phenoxy) is 3. The minimum atomic E-state index is -1.62. The molecule has 11 heteroatoms. The van der Waals surface area contributed by atoms with Gasteiger partial charge in [0.2, 0.25) is 5.91 Å². The molecule has 0 aromatic heterocycles. The van der Waals surface area contributed by atoms with Crippen molar-refractivity contribution in [2.24, 2.45) is 0 Å². The van der Waals surface area contributed by atoms with Crippen LogP contribution in [0.5, 0.6) is 0 Å². The number of aliphatic hydroxyl groups is 5. The molecule has 1 rings (SSSR count). The Balaban J connectivity index is 2.66. The second-order valence-electron chi connectivity index (χ2n) is 21.0. The number of esters is 1. The number of allylic oxidation sites excluding steroid dienone is 13. The Hall–Kier alpha value is -3.16. The van der Waals surface area contributed by atoms with Crippen molar-refractivity contribution < 1.29 is 49.3 Å². The standard InChI is InChI=1S/C65H113NO10/c1-4-7-10-13-16-19-22-25-26-27-28-29-30-31-32-33-34-35-38-41-44-47-50-53-60(70)76-63-62(72)61(71)59(54-67)75-65(63)74-55-56(57(68)51-48-45-42-39-36-23-20-17-14-11-8-5-2)66-64(73)58(69)52-49-46-43-40-37-24-21-18-15-12-9-6-3/h7,10,16,19,25-26,28-29,31-32,37,40,48,51,56-59,61-63,65,67-69,71-72H,4-6,8-9,11-15,17-18,20-24,27,30,33-36,38-39,41-47,49-50,52-55H2,1-3H3,(H,66,73)/b10-7-,19-16-,26-25-,29-28-,32-31-,40-37-,51-48+. The van der Waals surface area contributed by atoms with Gasteiger partial charge in [0.15, 0.2) is 12.4 Å². The predicted molar refractivity (Wildman–Crippen MR) is 315 cm³/mol. The molecule has 0 aliphatic carbocycles. The van der Waals surface area contributed by atoms with Crippen molar-refractivity contribution in [3.63, 3.8) is 0 Å². The normalized spacial score (nSPS) is 19.7. The SMILES string of the molecule is CC/C=C\C/C=C\C/C=C\C/C=C\C/C=C\CCCCCCCCCC(=O)OC1C(OCC(NC(=O)C(O)CCCC/C=C\CCCCCCCC)C(O)/C=C/CCCCCCCCCCCC)OC(CO)C(O)C1O. The highest BCUT2D eigenvalue weighted by molar-refractivity contribution is 5.80. The summed E-state index contributed by atoms with van der Waals surface area (Å²) >= 11 is 0. The maximum atomic E-state index is 13.4. The van der Waals surface area contributed by atoms with Gasteiger partial charge in [0.25, 0.3) is 0 Å². The van der Waals surface area contributed by atoms with E-state index in [0.29, 0.717) is 12.8 Å². The maximum absolute atomic E-state index is 13.4. The number of amides is 1. The summed E-state index contributed by atoms with van der Waals surface area (Å²) in [6.07, 6.45) is 57.7. The molecule has 0 spiro atoms. The number of hydrogen-bond donors (Lipinski definition) is 6. The minimum Gasteiger partial charge on any atom is -0.454 e. The summed E-state index contributed by atoms with van der Waals surface area (Å²) in [5.74, 6) is -1.23. The lowest BCUT2D eigenvalue weighted by molar-refractivity contribution is -0.305. The Morgan fingerprint density at radius 3 is 1.43 bits per heavy atom. The van der Waals surface area contributed by atoms with Gasteiger partial charge in [-0.1, -0.05) is 234 Å². The zero-order valence-corrected chi connectivity index (χ0v) is 48.3. The van der Waals surface area contributed by atoms with E-state index < -0.39 is 67.4 Å². The molecule has 1 saturated heterocycles. The van der Waals surface area contributed by atoms with Crippen molar-refractivity contribution in [3.8, 4) is 0 Å². The highest BCUT2D eigenvalue weighted by Crippen LogP contribution is 2.26. The van der Waals surface area contributed by atoms with Crippen LogP contribution in [0.2, 0.25) is 0 Å². The summed E-state index contributed by atoms with van der Waals surface area (Å²) in [4.78, 5) is 26.5. The van der Waals surface area contributed by atoms with Gasteiger partial charge in [-0.15, -0.1) is 0 Å². The molecule has 76 heavy (non-hydrogen) atoms. The number of carbonyl (C=O) groups is 2. The van der Waals surface area contributed by atoms with Crippen molar-refractivity contribution in [2.75, 3.05) is 13.2 Å². The third kappa shape index (κ3) is 40.1. The van der Waals surface area contributed by atoms with Gasteiger partial charge in [0, 0.05) is 6.42 Å². The topological polar surface area (TPSA) is 175 Å². The van der Waals surface area contributed by atoms with Crippen LogP contribution in [0.15, 0.2) is 85.1 Å². The van der Waals surface area contributed by atoms with Crippen molar-refractivity contribution >= 4 is 11.9 Å². The van der Waals surface area contributed by atoms with Crippen LogP contribution in [-0.4, -0.2) is 99.6 Å². The van der Waals surface area contributed by atoms with Crippen LogP contribution in [-0.2, 0) is 23.8 Å². The summed E-state index contributed by atoms with van der Waals surface area (Å²) in [6, 6.07) is -1.04. The van der Waals surface area contributed by atoms with E-state index in [9.17, 15) is 35.1 Å². The number of carbonyl (C=O) groups excluding carboxylic acids is 2. The van der Waals surface area contributed by atoms with Crippen LogP contribution < -0.4 is 5.32 Å². The molecule has 8 unspecified atom stereocenters. The lowest BCUT2D eigenvalue weighted by Crippen LogP contribution is -2.61. The maximum Gasteiger partial charge on any atom is 0.306 e. The average Bonchev–Trinajstić information content (AvgIpc) is 3.42. The zero-order valence-electron chi connectivity index (χ0n) is 48.3. The number of hydrogen-bond acceptors (Lipinski definition) is 10. The van der Waals surface area contributed by atoms with Crippen molar-refractivity contribution in [1.82, 2.24) is 5.32 Å². The quantitative estimate of drug-likeness (QED) is 0.0195. The van der Waals surface area contributed by atoms with E-state index in [1.54, 1.807) is 6.08 Å². The molecule has 6 N–H and O–H groups in total. The van der Waals surface area contributed by atoms with Gasteiger partial charge in [-0.2, -0.15) is 0 Å². The number of nitrogens with one attached hydrogen (secondary N) is 1. The first-order chi connectivity index (χ1) is 37.2. The van der Waals surface area contributed by atoms with E-state index in [0.717, 1.165) is 116 Å². The molecule has 1 amide bonds. The van der Waals surface area contributed by atoms with Gasteiger partial charge < -0.3 is 45.1 Å². The molecule has 0 bridgehead atoms. The largest absolute Gasteiger partial charge is 0.454 e. The van der Waals surface area contributed by atoms with Gasteiger partial charge in [-0.3, -0.25) is 9.59 Å². The monoisotopic (exact) mass is 1070 g/mol. The van der Waals surface area contributed by atoms with Gasteiger partial charge in [0.1, 0.15) is 24.4 Å². The molecule has 8 atom stereocenters. The van der Waals surface area contributed by atoms with Crippen molar-refractivity contribution in [2.45, 2.75) is 301 Å². The fourth-order valence-electron chi connectivity index (χ4n) is 9.14. The molecular formula is C65H113NO10. The number of rotatable bonds is 51. The molecule has 438 valence electrons. The van der Waals surface area contributed by atoms with Gasteiger partial charge in [0.05, 0.1) is 25.4 Å². The molecule has 11 nitrogen and oxygen atoms in total. The minimum absolute atomic E-state index is 0.105. The molecule has 0 aromatic rings. The van der Waals surface area contributed by atoms with Crippen LogP contribution in [0.3, 0.4) is 0 Å². The fourth-order valence-corrected chi connectivity index (χ4v) is 9.14. The van der Waals surface area contributed by atoms with Crippen LogP contribution in [0.1, 0.15) is 252 Å². The summed E-state index contributed by atoms with van der Waals surface area (Å²) < 4.78 is 17.6. The van der Waals surface area contributed by atoms with Crippen LogP contribution in [0, 0.1) is 0 Å². The molecule has 1 aliphatic heterocycles. The molecule has 1 fully saturated rings. The molecular weight excluding hydrogens is 955 g/mol. The van der Waals surface area contributed by atoms with Gasteiger partial charge in [-0.25, -0.2) is 0 Å². The second-order valence-corrected chi connectivity index (χ2v) is 21.0. The third-order valence-corrected chi connectivity index (χ3v) is 14.0. The molecule has 1 heterocycles. The lowest BCUT2D eigenvalue weighted by Gasteiger charge is -2.41. The van der Waals surface area contributed by atoms with Crippen LogP contribution >= 0.6 is 0 Å².